The SMILES string of the molecule is C=C(C)C(=O)OCC(COC(=O)/C=C/c1ccc(OC)cc1)OC(=O)CC(C)=O. The summed E-state index contributed by atoms with van der Waals surface area (Å²) >= 11 is 0. The van der Waals surface area contributed by atoms with Crippen LogP contribution in [0, 0.1) is 0 Å². The molecule has 0 N–H and O–H groups in total. The van der Waals surface area contributed by atoms with Gasteiger partial charge in [-0.15, -0.1) is 0 Å². The topological polar surface area (TPSA) is 105 Å². The molecule has 0 aliphatic heterocycles. The zero-order valence-electron chi connectivity index (χ0n) is 16.6. The van der Waals surface area contributed by atoms with Crippen LogP contribution < -0.4 is 4.74 Å². The zero-order valence-corrected chi connectivity index (χ0v) is 16.6. The zero-order chi connectivity index (χ0) is 21.8. The number of methoxy groups -OCH3 is 1. The average molecular weight is 404 g/mol. The number of hydrogen-bond donors (Lipinski definition) is 0. The highest BCUT2D eigenvalue weighted by Gasteiger charge is 2.20. The first-order valence-electron chi connectivity index (χ1n) is 8.71. The van der Waals surface area contributed by atoms with E-state index in [9.17, 15) is 19.2 Å². The van der Waals surface area contributed by atoms with E-state index in [1.54, 1.807) is 37.5 Å². The molecule has 1 aromatic carbocycles. The Bertz CT molecular complexity index is 776. The number of ether oxygens (including phenoxy) is 4. The molecule has 1 unspecified atom stereocenters. The molecule has 1 rings (SSSR count). The van der Waals surface area contributed by atoms with E-state index in [-0.39, 0.29) is 24.6 Å². The van der Waals surface area contributed by atoms with Gasteiger partial charge in [0, 0.05) is 11.6 Å². The molecule has 0 aliphatic carbocycles. The van der Waals surface area contributed by atoms with Crippen molar-refractivity contribution in [1.82, 2.24) is 0 Å². The highest BCUT2D eigenvalue weighted by atomic mass is 16.6. The molecule has 0 spiro atoms. The monoisotopic (exact) mass is 404 g/mol. The van der Waals surface area contributed by atoms with Crippen molar-refractivity contribution in [3.8, 4) is 5.75 Å². The Hall–Kier alpha value is -3.42. The molecule has 156 valence electrons. The van der Waals surface area contributed by atoms with Gasteiger partial charge in [0.1, 0.15) is 31.2 Å². The van der Waals surface area contributed by atoms with Crippen molar-refractivity contribution in [2.45, 2.75) is 26.4 Å². The Kier molecular flexibility index (Phi) is 9.87. The van der Waals surface area contributed by atoms with Crippen LogP contribution in [0.25, 0.3) is 6.08 Å². The van der Waals surface area contributed by atoms with E-state index in [4.69, 9.17) is 18.9 Å². The van der Waals surface area contributed by atoms with Gasteiger partial charge in [-0.25, -0.2) is 9.59 Å². The second-order valence-electron chi connectivity index (χ2n) is 6.11. The van der Waals surface area contributed by atoms with Gasteiger partial charge in [0.05, 0.1) is 7.11 Å². The van der Waals surface area contributed by atoms with Crippen molar-refractivity contribution in [3.63, 3.8) is 0 Å². The molecule has 0 amide bonds. The number of hydrogen-bond acceptors (Lipinski definition) is 8. The Balaban J connectivity index is 2.62. The van der Waals surface area contributed by atoms with Crippen LogP contribution in [-0.2, 0) is 33.4 Å². The van der Waals surface area contributed by atoms with E-state index in [0.717, 1.165) is 5.56 Å². The Morgan fingerprint density at radius 3 is 2.21 bits per heavy atom. The predicted molar refractivity (Wildman–Crippen MR) is 104 cm³/mol. The first-order valence-corrected chi connectivity index (χ1v) is 8.71. The van der Waals surface area contributed by atoms with E-state index in [0.29, 0.717) is 5.75 Å². The van der Waals surface area contributed by atoms with E-state index in [2.05, 4.69) is 6.58 Å². The van der Waals surface area contributed by atoms with Crippen molar-refractivity contribution in [2.75, 3.05) is 20.3 Å². The number of carbonyl (C=O) groups excluding carboxylic acids is 4. The maximum atomic E-state index is 11.9. The summed E-state index contributed by atoms with van der Waals surface area (Å²) in [5.74, 6) is -1.86. The van der Waals surface area contributed by atoms with Gasteiger partial charge < -0.3 is 18.9 Å². The average Bonchev–Trinajstić information content (AvgIpc) is 2.67. The standard InChI is InChI=1S/C21H24O8/c1-14(2)21(25)28-13-18(29-20(24)11-15(3)22)12-27-19(23)10-7-16-5-8-17(26-4)9-6-16/h5-10,18H,1,11-13H2,2-4H3/b10-7+. The van der Waals surface area contributed by atoms with Crippen LogP contribution in [-0.4, -0.2) is 50.1 Å². The summed E-state index contributed by atoms with van der Waals surface area (Å²) in [7, 11) is 1.55. The molecular weight excluding hydrogens is 380 g/mol. The van der Waals surface area contributed by atoms with Crippen molar-refractivity contribution in [3.05, 3.63) is 48.1 Å². The number of carbonyl (C=O) groups is 4. The Morgan fingerprint density at radius 1 is 1.03 bits per heavy atom. The molecule has 8 heteroatoms. The molecule has 1 atom stereocenters. The number of rotatable bonds is 11. The number of esters is 3. The normalized spacial score (nSPS) is 11.4. The van der Waals surface area contributed by atoms with Gasteiger partial charge in [-0.3, -0.25) is 9.59 Å². The van der Waals surface area contributed by atoms with Gasteiger partial charge in [0.25, 0.3) is 0 Å². The minimum Gasteiger partial charge on any atom is -0.497 e. The number of benzene rings is 1. The molecular formula is C21H24O8. The van der Waals surface area contributed by atoms with Crippen LogP contribution in [0.5, 0.6) is 5.75 Å². The van der Waals surface area contributed by atoms with Gasteiger partial charge in [-0.1, -0.05) is 18.7 Å². The van der Waals surface area contributed by atoms with E-state index in [1.165, 1.54) is 19.9 Å². The second-order valence-corrected chi connectivity index (χ2v) is 6.11. The summed E-state index contributed by atoms with van der Waals surface area (Å²) in [5, 5.41) is 0. The number of ketones is 1. The first kappa shape index (κ1) is 23.6. The molecule has 0 aliphatic rings. The Labute approximate surface area is 169 Å². The Morgan fingerprint density at radius 2 is 1.66 bits per heavy atom. The summed E-state index contributed by atoms with van der Waals surface area (Å²) in [6.07, 6.45) is 1.26. The van der Waals surface area contributed by atoms with Crippen LogP contribution in [0.3, 0.4) is 0 Å². The van der Waals surface area contributed by atoms with Crippen molar-refractivity contribution in [1.29, 1.82) is 0 Å². The molecule has 0 radical (unpaired) electrons. The minimum absolute atomic E-state index is 0.165. The van der Waals surface area contributed by atoms with Crippen molar-refractivity contribution >= 4 is 29.8 Å². The first-order chi connectivity index (χ1) is 13.7. The summed E-state index contributed by atoms with van der Waals surface area (Å²) in [4.78, 5) is 46.1. The summed E-state index contributed by atoms with van der Waals surface area (Å²) in [5.41, 5.74) is 0.917. The van der Waals surface area contributed by atoms with E-state index in [1.807, 2.05) is 0 Å². The molecule has 0 bridgehead atoms. The number of Topliss-reactive ketones (excluding diaryl/α,β-unsaturated/α-hetero) is 1. The fraction of sp³-hybridized carbons (Fsp3) is 0.333. The quantitative estimate of drug-likeness (QED) is 0.239. The lowest BCUT2D eigenvalue weighted by atomic mass is 10.2. The highest BCUT2D eigenvalue weighted by molar-refractivity contribution is 5.94. The van der Waals surface area contributed by atoms with E-state index < -0.39 is 30.4 Å². The van der Waals surface area contributed by atoms with Crippen LogP contribution >= 0.6 is 0 Å². The van der Waals surface area contributed by atoms with Crippen molar-refractivity contribution < 1.29 is 38.1 Å². The van der Waals surface area contributed by atoms with Crippen LogP contribution in [0.4, 0.5) is 0 Å². The third-order valence-corrected chi connectivity index (χ3v) is 3.38. The maximum Gasteiger partial charge on any atom is 0.333 e. The summed E-state index contributed by atoms with van der Waals surface area (Å²) in [6.45, 7) is 5.45. The molecule has 1 aromatic rings. The smallest absolute Gasteiger partial charge is 0.333 e. The fourth-order valence-corrected chi connectivity index (χ4v) is 1.94. The molecule has 0 saturated carbocycles. The lowest BCUT2D eigenvalue weighted by Crippen LogP contribution is -2.31. The lowest BCUT2D eigenvalue weighted by molar-refractivity contribution is -0.164. The van der Waals surface area contributed by atoms with Crippen LogP contribution in [0.2, 0.25) is 0 Å². The predicted octanol–water partition coefficient (Wildman–Crippen LogP) is 2.26. The fourth-order valence-electron chi connectivity index (χ4n) is 1.94. The summed E-state index contributed by atoms with van der Waals surface area (Å²) in [6, 6.07) is 6.99. The van der Waals surface area contributed by atoms with Crippen molar-refractivity contribution in [2.24, 2.45) is 0 Å². The maximum absolute atomic E-state index is 11.9. The third kappa shape index (κ3) is 9.90. The third-order valence-electron chi connectivity index (χ3n) is 3.38. The van der Waals surface area contributed by atoms with E-state index >= 15 is 0 Å². The molecule has 8 nitrogen and oxygen atoms in total. The minimum atomic E-state index is -1.05. The van der Waals surface area contributed by atoms with Gasteiger partial charge in [0.15, 0.2) is 6.10 Å². The second kappa shape index (κ2) is 12.1. The molecule has 29 heavy (non-hydrogen) atoms. The molecule has 0 heterocycles. The van der Waals surface area contributed by atoms with Gasteiger partial charge in [-0.2, -0.15) is 0 Å². The van der Waals surface area contributed by atoms with Crippen LogP contribution in [0.15, 0.2) is 42.5 Å². The van der Waals surface area contributed by atoms with Gasteiger partial charge >= 0.3 is 17.9 Å². The largest absolute Gasteiger partial charge is 0.497 e. The lowest BCUT2D eigenvalue weighted by Gasteiger charge is -2.17. The van der Waals surface area contributed by atoms with Gasteiger partial charge in [0.2, 0.25) is 0 Å². The van der Waals surface area contributed by atoms with Gasteiger partial charge in [-0.05, 0) is 37.6 Å². The highest BCUT2D eigenvalue weighted by Crippen LogP contribution is 2.12. The molecule has 0 saturated heterocycles. The van der Waals surface area contributed by atoms with Crippen LogP contribution in [0.1, 0.15) is 25.8 Å². The molecule has 0 aromatic heterocycles. The molecule has 0 fully saturated rings. The summed E-state index contributed by atoms with van der Waals surface area (Å²) < 4.78 is 20.1.